The van der Waals surface area contributed by atoms with Crippen LogP contribution in [0.2, 0.25) is 5.02 Å². The quantitative estimate of drug-likeness (QED) is 0.556. The number of halogens is 1. The second-order valence-corrected chi connectivity index (χ2v) is 7.98. The summed E-state index contributed by atoms with van der Waals surface area (Å²) in [4.78, 5) is 11.9. The summed E-state index contributed by atoms with van der Waals surface area (Å²) in [6.07, 6.45) is 0. The van der Waals surface area contributed by atoms with Crippen molar-refractivity contribution in [1.29, 1.82) is 0 Å². The van der Waals surface area contributed by atoms with Crippen LogP contribution in [0.5, 0.6) is 0 Å². The van der Waals surface area contributed by atoms with E-state index in [0.717, 1.165) is 17.1 Å². The molecule has 2 aromatic carbocycles. The number of aromatic nitrogens is 3. The summed E-state index contributed by atoms with van der Waals surface area (Å²) in [5.41, 5.74) is 3.13. The van der Waals surface area contributed by atoms with E-state index in [2.05, 4.69) is 41.5 Å². The fourth-order valence-electron chi connectivity index (χ4n) is 2.92. The van der Waals surface area contributed by atoms with E-state index in [1.165, 1.54) is 17.3 Å². The molecule has 0 atom stereocenters. The molecule has 0 spiro atoms. The lowest BCUT2D eigenvalue weighted by atomic mass is 10.0. The predicted octanol–water partition coefficient (Wildman–Crippen LogP) is 4.94. The minimum Gasteiger partial charge on any atom is -0.356 e. The molecule has 1 N–H and O–H groups in total. The second kappa shape index (κ2) is 9.26. The number of carbonyl (C=O) groups excluding carboxylic acids is 1. The highest BCUT2D eigenvalue weighted by Gasteiger charge is 2.20. The first kappa shape index (κ1) is 20.4. The highest BCUT2D eigenvalue weighted by molar-refractivity contribution is 7.99. The maximum atomic E-state index is 11.9. The molecule has 0 bridgehead atoms. The van der Waals surface area contributed by atoms with Gasteiger partial charge >= 0.3 is 0 Å². The van der Waals surface area contributed by atoms with Crippen molar-refractivity contribution in [2.75, 3.05) is 12.3 Å². The van der Waals surface area contributed by atoms with E-state index >= 15 is 0 Å². The third kappa shape index (κ3) is 4.56. The van der Waals surface area contributed by atoms with E-state index in [1.54, 1.807) is 0 Å². The summed E-state index contributed by atoms with van der Waals surface area (Å²) < 4.78 is 2.03. The first-order valence-corrected chi connectivity index (χ1v) is 10.6. The molecule has 1 amide bonds. The molecule has 0 aliphatic heterocycles. The molecule has 3 aromatic rings. The van der Waals surface area contributed by atoms with Crippen molar-refractivity contribution < 1.29 is 4.79 Å². The lowest BCUT2D eigenvalue weighted by Crippen LogP contribution is -2.24. The topological polar surface area (TPSA) is 59.8 Å². The van der Waals surface area contributed by atoms with E-state index in [0.29, 0.717) is 22.6 Å². The fourth-order valence-corrected chi connectivity index (χ4v) is 3.82. The Morgan fingerprint density at radius 3 is 2.54 bits per heavy atom. The van der Waals surface area contributed by atoms with Crippen LogP contribution in [0.15, 0.2) is 53.7 Å². The molecule has 1 aromatic heterocycles. The van der Waals surface area contributed by atoms with Gasteiger partial charge in [-0.15, -0.1) is 10.2 Å². The average Bonchev–Trinajstić information content (AvgIpc) is 3.11. The number of amides is 1. The third-order valence-electron chi connectivity index (χ3n) is 4.24. The maximum Gasteiger partial charge on any atom is 0.230 e. The number of hydrogen-bond acceptors (Lipinski definition) is 4. The zero-order valence-electron chi connectivity index (χ0n) is 16.1. The number of benzene rings is 2. The van der Waals surface area contributed by atoms with Crippen molar-refractivity contribution in [2.45, 2.75) is 31.8 Å². The summed E-state index contributed by atoms with van der Waals surface area (Å²) in [7, 11) is 0. The molecule has 0 aliphatic rings. The van der Waals surface area contributed by atoms with Crippen molar-refractivity contribution >= 4 is 29.3 Å². The van der Waals surface area contributed by atoms with Gasteiger partial charge in [-0.05, 0) is 48.7 Å². The Labute approximate surface area is 174 Å². The van der Waals surface area contributed by atoms with Crippen molar-refractivity contribution in [3.05, 3.63) is 59.1 Å². The van der Waals surface area contributed by atoms with E-state index in [-0.39, 0.29) is 11.7 Å². The standard InChI is InChI=1S/C21H23ClN4OS/c1-4-23-19(27)13-28-21-25-24-20(15-9-11-16(22)12-10-15)26(21)18-8-6-5-7-17(18)14(2)3/h5-12,14H,4,13H2,1-3H3,(H,23,27). The number of hydrogen-bond donors (Lipinski definition) is 1. The number of nitrogens with zero attached hydrogens (tertiary/aromatic N) is 3. The number of carbonyl (C=O) groups is 1. The van der Waals surface area contributed by atoms with Gasteiger partial charge in [-0.1, -0.05) is 55.4 Å². The summed E-state index contributed by atoms with van der Waals surface area (Å²) >= 11 is 7.43. The zero-order valence-corrected chi connectivity index (χ0v) is 17.7. The van der Waals surface area contributed by atoms with Crippen molar-refractivity contribution in [2.24, 2.45) is 0 Å². The highest BCUT2D eigenvalue weighted by Crippen LogP contribution is 2.32. The molecule has 28 heavy (non-hydrogen) atoms. The largest absolute Gasteiger partial charge is 0.356 e. The Hall–Kier alpha value is -2.31. The van der Waals surface area contributed by atoms with Gasteiger partial charge in [-0.3, -0.25) is 9.36 Å². The van der Waals surface area contributed by atoms with Gasteiger partial charge < -0.3 is 5.32 Å². The molecule has 0 fully saturated rings. The highest BCUT2D eigenvalue weighted by atomic mass is 35.5. The molecule has 0 radical (unpaired) electrons. The Bertz CT molecular complexity index is 953. The molecule has 0 unspecified atom stereocenters. The maximum absolute atomic E-state index is 11.9. The van der Waals surface area contributed by atoms with Gasteiger partial charge in [0.2, 0.25) is 5.91 Å². The summed E-state index contributed by atoms with van der Waals surface area (Å²) in [6.45, 7) is 6.83. The van der Waals surface area contributed by atoms with E-state index in [9.17, 15) is 4.79 Å². The zero-order chi connectivity index (χ0) is 20.1. The summed E-state index contributed by atoms with van der Waals surface area (Å²) in [5, 5.41) is 13.0. The molecule has 0 saturated heterocycles. The van der Waals surface area contributed by atoms with Crippen LogP contribution in [-0.2, 0) is 4.79 Å². The van der Waals surface area contributed by atoms with Crippen LogP contribution < -0.4 is 5.32 Å². The molecule has 7 heteroatoms. The van der Waals surface area contributed by atoms with E-state index in [1.807, 2.05) is 47.9 Å². The second-order valence-electron chi connectivity index (χ2n) is 6.60. The number of thioether (sulfide) groups is 1. The predicted molar refractivity (Wildman–Crippen MR) is 115 cm³/mol. The third-order valence-corrected chi connectivity index (χ3v) is 5.42. The van der Waals surface area contributed by atoms with Gasteiger partial charge in [0.05, 0.1) is 11.4 Å². The fraction of sp³-hybridized carbons (Fsp3) is 0.286. The molecule has 1 heterocycles. The first-order chi connectivity index (χ1) is 13.5. The number of para-hydroxylation sites is 1. The average molecular weight is 415 g/mol. The molecule has 0 aliphatic carbocycles. The lowest BCUT2D eigenvalue weighted by Gasteiger charge is -2.17. The first-order valence-electron chi connectivity index (χ1n) is 9.21. The number of rotatable bonds is 7. The van der Waals surface area contributed by atoms with Crippen LogP contribution in [0, 0.1) is 0 Å². The summed E-state index contributed by atoms with van der Waals surface area (Å²) in [5.74, 6) is 1.32. The van der Waals surface area contributed by atoms with Crippen molar-refractivity contribution in [3.63, 3.8) is 0 Å². The van der Waals surface area contributed by atoms with Crippen LogP contribution in [0.25, 0.3) is 17.1 Å². The van der Waals surface area contributed by atoms with Gasteiger partial charge in [0.1, 0.15) is 0 Å². The SMILES string of the molecule is CCNC(=O)CSc1nnc(-c2ccc(Cl)cc2)n1-c1ccccc1C(C)C. The van der Waals surface area contributed by atoms with Crippen molar-refractivity contribution in [1.82, 2.24) is 20.1 Å². The molecule has 146 valence electrons. The van der Waals surface area contributed by atoms with Gasteiger partial charge in [0.25, 0.3) is 0 Å². The van der Waals surface area contributed by atoms with Crippen molar-refractivity contribution in [3.8, 4) is 17.1 Å². The van der Waals surface area contributed by atoms with Crippen LogP contribution in [0.1, 0.15) is 32.3 Å². The minimum atomic E-state index is -0.0211. The smallest absolute Gasteiger partial charge is 0.230 e. The van der Waals surface area contributed by atoms with Gasteiger partial charge in [-0.2, -0.15) is 0 Å². The van der Waals surface area contributed by atoms with Crippen LogP contribution in [0.3, 0.4) is 0 Å². The van der Waals surface area contributed by atoms with Gasteiger partial charge in [-0.25, -0.2) is 0 Å². The van der Waals surface area contributed by atoms with E-state index < -0.39 is 0 Å². The Balaban J connectivity index is 2.09. The Morgan fingerprint density at radius 1 is 1.14 bits per heavy atom. The number of nitrogens with one attached hydrogen (secondary N) is 1. The van der Waals surface area contributed by atoms with Gasteiger partial charge in [0, 0.05) is 17.1 Å². The molecule has 0 saturated carbocycles. The van der Waals surface area contributed by atoms with Crippen LogP contribution in [0.4, 0.5) is 0 Å². The lowest BCUT2D eigenvalue weighted by molar-refractivity contribution is -0.118. The Morgan fingerprint density at radius 2 is 1.86 bits per heavy atom. The molecular weight excluding hydrogens is 392 g/mol. The van der Waals surface area contributed by atoms with Gasteiger partial charge in [0.15, 0.2) is 11.0 Å². The normalized spacial score (nSPS) is 11.0. The monoisotopic (exact) mass is 414 g/mol. The van der Waals surface area contributed by atoms with E-state index in [4.69, 9.17) is 11.6 Å². The minimum absolute atomic E-state index is 0.0211. The molecule has 3 rings (SSSR count). The van der Waals surface area contributed by atoms with Crippen LogP contribution >= 0.6 is 23.4 Å². The molecule has 5 nitrogen and oxygen atoms in total. The summed E-state index contributed by atoms with van der Waals surface area (Å²) in [6, 6.07) is 15.8. The Kier molecular flexibility index (Phi) is 6.75. The van der Waals surface area contributed by atoms with Crippen LogP contribution in [-0.4, -0.2) is 33.0 Å². The molecular formula is C21H23ClN4OS.